The smallest absolute Gasteiger partial charge is 0.152 e. The van der Waals surface area contributed by atoms with E-state index in [1.165, 1.54) is 5.56 Å². The first-order valence-corrected chi connectivity index (χ1v) is 5.60. The lowest BCUT2D eigenvalue weighted by Crippen LogP contribution is -2.10. The monoisotopic (exact) mass is 216 g/mol. The number of ketones is 1. The first-order chi connectivity index (χ1) is 7.30. The van der Waals surface area contributed by atoms with Crippen molar-refractivity contribution in [3.8, 4) is 0 Å². The normalized spacial score (nSPS) is 12.7. The van der Waals surface area contributed by atoms with Crippen LogP contribution in [0, 0.1) is 0 Å². The van der Waals surface area contributed by atoms with Crippen molar-refractivity contribution in [2.24, 2.45) is 0 Å². The van der Waals surface area contributed by atoms with Gasteiger partial charge < -0.3 is 0 Å². The van der Waals surface area contributed by atoms with Gasteiger partial charge in [0, 0.05) is 0 Å². The van der Waals surface area contributed by atoms with Crippen LogP contribution in [0.4, 0.5) is 0 Å². The van der Waals surface area contributed by atoms with Gasteiger partial charge in [0.2, 0.25) is 0 Å². The van der Waals surface area contributed by atoms with E-state index < -0.39 is 0 Å². The van der Waals surface area contributed by atoms with Gasteiger partial charge in [-0.1, -0.05) is 45.0 Å². The number of carbonyl (C=O) groups excluding carboxylic acids is 1. The van der Waals surface area contributed by atoms with E-state index in [1.807, 2.05) is 6.92 Å². The van der Waals surface area contributed by atoms with E-state index in [2.05, 4.69) is 45.0 Å². The summed E-state index contributed by atoms with van der Waals surface area (Å²) in [4.78, 5) is 11.0. The zero-order chi connectivity index (χ0) is 12.3. The van der Waals surface area contributed by atoms with Gasteiger partial charge in [0.1, 0.15) is 0 Å². The second kappa shape index (κ2) is 4.65. The molecule has 0 atom stereocenters. The summed E-state index contributed by atoms with van der Waals surface area (Å²) in [6.45, 7) is 10.1. The Kier molecular flexibility index (Phi) is 3.69. The molecule has 86 valence electrons. The quantitative estimate of drug-likeness (QED) is 0.683. The number of rotatable bonds is 2. The van der Waals surface area contributed by atoms with E-state index in [4.69, 9.17) is 0 Å². The van der Waals surface area contributed by atoms with Gasteiger partial charge in [0.15, 0.2) is 5.78 Å². The fourth-order valence-corrected chi connectivity index (χ4v) is 1.62. The summed E-state index contributed by atoms with van der Waals surface area (Å²) in [5, 5.41) is 0. The maximum atomic E-state index is 11.0. The Morgan fingerprint density at radius 1 is 1.06 bits per heavy atom. The van der Waals surface area contributed by atoms with Crippen molar-refractivity contribution in [1.29, 1.82) is 0 Å². The first kappa shape index (κ1) is 12.7. The summed E-state index contributed by atoms with van der Waals surface area (Å²) in [6, 6.07) is 8.42. The second-order valence-corrected chi connectivity index (χ2v) is 5.27. The van der Waals surface area contributed by atoms with Gasteiger partial charge >= 0.3 is 0 Å². The Balaban J connectivity index is 3.00. The predicted molar refractivity (Wildman–Crippen MR) is 69.5 cm³/mol. The maximum Gasteiger partial charge on any atom is 0.152 e. The highest BCUT2D eigenvalue weighted by Crippen LogP contribution is 2.24. The molecule has 0 N–H and O–H groups in total. The Hall–Kier alpha value is -1.37. The molecule has 1 nitrogen and oxygen atoms in total. The van der Waals surface area contributed by atoms with Crippen molar-refractivity contribution >= 4 is 11.4 Å². The summed E-state index contributed by atoms with van der Waals surface area (Å²) in [5.41, 5.74) is 3.62. The molecule has 0 radical (unpaired) electrons. The third-order valence-electron chi connectivity index (χ3n) is 2.63. The predicted octanol–water partition coefficient (Wildman–Crippen LogP) is 3.98. The zero-order valence-corrected chi connectivity index (χ0v) is 10.8. The summed E-state index contributed by atoms with van der Waals surface area (Å²) in [6.07, 6.45) is 1.67. The summed E-state index contributed by atoms with van der Waals surface area (Å²) in [7, 11) is 0. The molecule has 1 heteroatoms. The van der Waals surface area contributed by atoms with Crippen molar-refractivity contribution in [3.05, 3.63) is 41.5 Å². The van der Waals surface area contributed by atoms with E-state index in [9.17, 15) is 4.79 Å². The molecular weight excluding hydrogens is 196 g/mol. The maximum absolute atomic E-state index is 11.0. The van der Waals surface area contributed by atoms with Crippen LogP contribution in [0.1, 0.15) is 45.7 Å². The topological polar surface area (TPSA) is 17.1 Å². The SMILES string of the molecule is CC(=O)C=C(C)c1ccc(C(C)(C)C)cc1. The first-order valence-electron chi connectivity index (χ1n) is 5.60. The molecule has 0 aliphatic rings. The lowest BCUT2D eigenvalue weighted by atomic mass is 9.86. The summed E-state index contributed by atoms with van der Waals surface area (Å²) < 4.78 is 0. The molecule has 1 aromatic carbocycles. The number of hydrogen-bond acceptors (Lipinski definition) is 1. The van der Waals surface area contributed by atoms with Gasteiger partial charge in [-0.25, -0.2) is 0 Å². The van der Waals surface area contributed by atoms with E-state index >= 15 is 0 Å². The fraction of sp³-hybridized carbons (Fsp3) is 0.400. The van der Waals surface area contributed by atoms with E-state index in [-0.39, 0.29) is 11.2 Å². The molecule has 0 unspecified atom stereocenters. The fourth-order valence-electron chi connectivity index (χ4n) is 1.62. The minimum absolute atomic E-state index is 0.0948. The molecule has 0 spiro atoms. The molecule has 0 aliphatic heterocycles. The average molecular weight is 216 g/mol. The van der Waals surface area contributed by atoms with Gasteiger partial charge in [0.25, 0.3) is 0 Å². The minimum Gasteiger partial charge on any atom is -0.295 e. The lowest BCUT2D eigenvalue weighted by Gasteiger charge is -2.19. The Morgan fingerprint density at radius 3 is 1.94 bits per heavy atom. The summed E-state index contributed by atoms with van der Waals surface area (Å²) >= 11 is 0. The Morgan fingerprint density at radius 2 is 1.56 bits per heavy atom. The third-order valence-corrected chi connectivity index (χ3v) is 2.63. The van der Waals surface area contributed by atoms with Crippen LogP contribution >= 0.6 is 0 Å². The van der Waals surface area contributed by atoms with Gasteiger partial charge in [0.05, 0.1) is 0 Å². The Bertz CT molecular complexity index is 402. The molecule has 1 rings (SSSR count). The van der Waals surface area contributed by atoms with Crippen molar-refractivity contribution < 1.29 is 4.79 Å². The van der Waals surface area contributed by atoms with Gasteiger partial charge in [-0.3, -0.25) is 4.79 Å². The van der Waals surface area contributed by atoms with Crippen LogP contribution in [0.15, 0.2) is 30.3 Å². The van der Waals surface area contributed by atoms with Crippen LogP contribution in [0.2, 0.25) is 0 Å². The van der Waals surface area contributed by atoms with Crippen molar-refractivity contribution in [2.45, 2.75) is 40.0 Å². The van der Waals surface area contributed by atoms with Gasteiger partial charge in [-0.2, -0.15) is 0 Å². The average Bonchev–Trinajstić information content (AvgIpc) is 2.15. The molecule has 1 aromatic rings. The molecular formula is C15H20O. The molecule has 0 aromatic heterocycles. The van der Waals surface area contributed by atoms with Crippen LogP contribution in [0.3, 0.4) is 0 Å². The highest BCUT2D eigenvalue weighted by molar-refractivity contribution is 5.94. The van der Waals surface area contributed by atoms with Crippen molar-refractivity contribution in [1.82, 2.24) is 0 Å². The molecule has 0 bridgehead atoms. The van der Waals surface area contributed by atoms with Crippen LogP contribution in [-0.4, -0.2) is 5.78 Å². The number of benzene rings is 1. The number of allylic oxidation sites excluding steroid dienone is 2. The van der Waals surface area contributed by atoms with Gasteiger partial charge in [-0.05, 0) is 42.0 Å². The molecule has 0 fully saturated rings. The minimum atomic E-state index is 0.0948. The van der Waals surface area contributed by atoms with Crippen molar-refractivity contribution in [3.63, 3.8) is 0 Å². The van der Waals surface area contributed by atoms with E-state index in [1.54, 1.807) is 13.0 Å². The van der Waals surface area contributed by atoms with E-state index in [0.29, 0.717) is 0 Å². The molecule has 0 saturated heterocycles. The van der Waals surface area contributed by atoms with Gasteiger partial charge in [-0.15, -0.1) is 0 Å². The second-order valence-electron chi connectivity index (χ2n) is 5.27. The highest BCUT2D eigenvalue weighted by atomic mass is 16.1. The highest BCUT2D eigenvalue weighted by Gasteiger charge is 2.12. The third kappa shape index (κ3) is 3.34. The lowest BCUT2D eigenvalue weighted by molar-refractivity contribution is -0.112. The van der Waals surface area contributed by atoms with Crippen molar-refractivity contribution in [2.75, 3.05) is 0 Å². The van der Waals surface area contributed by atoms with E-state index in [0.717, 1.165) is 11.1 Å². The standard InChI is InChI=1S/C15H20O/c1-11(10-12(2)16)13-6-8-14(9-7-13)15(3,4)5/h6-10H,1-5H3. The molecule has 16 heavy (non-hydrogen) atoms. The number of carbonyl (C=O) groups is 1. The summed E-state index contributed by atoms with van der Waals surface area (Å²) in [5.74, 6) is 0.0948. The van der Waals surface area contributed by atoms with Crippen LogP contribution in [0.25, 0.3) is 5.57 Å². The molecule has 0 amide bonds. The largest absolute Gasteiger partial charge is 0.295 e. The molecule has 0 heterocycles. The zero-order valence-electron chi connectivity index (χ0n) is 10.8. The van der Waals surface area contributed by atoms with Crippen LogP contribution in [0.5, 0.6) is 0 Å². The Labute approximate surface area is 98.2 Å². The van der Waals surface area contributed by atoms with Crippen LogP contribution < -0.4 is 0 Å². The molecule has 0 aliphatic carbocycles. The molecule has 0 saturated carbocycles. The number of hydrogen-bond donors (Lipinski definition) is 0. The van der Waals surface area contributed by atoms with Crippen LogP contribution in [-0.2, 0) is 10.2 Å².